The second-order valence-electron chi connectivity index (χ2n) is 9.37. The molecule has 0 radical (unpaired) electrons. The van der Waals surface area contributed by atoms with Gasteiger partial charge in [0.25, 0.3) is 17.5 Å². The summed E-state index contributed by atoms with van der Waals surface area (Å²) >= 11 is 0. The number of imide groups is 1. The van der Waals surface area contributed by atoms with Gasteiger partial charge in [-0.15, -0.1) is 0 Å². The third-order valence-corrected chi connectivity index (χ3v) is 6.70. The Kier molecular flexibility index (Phi) is 6.91. The Morgan fingerprint density at radius 1 is 0.950 bits per heavy atom. The number of aryl methyl sites for hydroxylation is 1. The quantitative estimate of drug-likeness (QED) is 0.140. The fourth-order valence-electron chi connectivity index (χ4n) is 4.48. The third-order valence-electron chi connectivity index (χ3n) is 6.70. The van der Waals surface area contributed by atoms with Crippen LogP contribution >= 0.6 is 0 Å². The van der Waals surface area contributed by atoms with E-state index in [2.05, 4.69) is 0 Å². The number of nitro benzene ring substituents is 1. The number of non-ortho nitro benzene ring substituents is 1. The van der Waals surface area contributed by atoms with Crippen molar-refractivity contribution in [3.8, 4) is 23.0 Å². The lowest BCUT2D eigenvalue weighted by molar-refractivity contribution is -0.384. The van der Waals surface area contributed by atoms with Crippen LogP contribution in [-0.2, 0) is 16.1 Å². The van der Waals surface area contributed by atoms with E-state index in [4.69, 9.17) is 5.10 Å². The zero-order valence-corrected chi connectivity index (χ0v) is 21.7. The number of hydrogen-bond donors (Lipinski definition) is 0. The van der Waals surface area contributed by atoms with Crippen LogP contribution < -0.4 is 0 Å². The number of nitriles is 1. The molecule has 0 unspecified atom stereocenters. The van der Waals surface area contributed by atoms with E-state index in [9.17, 15) is 25.0 Å². The summed E-state index contributed by atoms with van der Waals surface area (Å²) in [7, 11) is 0. The molecular weight excluding hydrogens is 506 g/mol. The van der Waals surface area contributed by atoms with Crippen LogP contribution in [-0.4, -0.2) is 31.4 Å². The molecule has 0 spiro atoms. The van der Waals surface area contributed by atoms with E-state index < -0.39 is 16.7 Å². The summed E-state index contributed by atoms with van der Waals surface area (Å²) < 4.78 is 1.57. The van der Waals surface area contributed by atoms with Gasteiger partial charge in [-0.25, -0.2) is 4.68 Å². The van der Waals surface area contributed by atoms with E-state index in [1.807, 2.05) is 67.6 Å². The Hall–Kier alpha value is -5.62. The summed E-state index contributed by atoms with van der Waals surface area (Å²) in [4.78, 5) is 38.6. The second-order valence-corrected chi connectivity index (χ2v) is 9.37. The molecule has 1 aliphatic rings. The maximum Gasteiger partial charge on any atom is 0.271 e. The van der Waals surface area contributed by atoms with Crippen molar-refractivity contribution in [2.75, 3.05) is 0 Å². The SMILES string of the molecule is CC1=C(C#N)C(=O)N(Cc2ccc(C)cc2)C(=O)/C1=C/c1cn(-c2ccc([N+](=O)[O-])cc2)nc1-c1ccccc1. The smallest absolute Gasteiger partial charge is 0.269 e. The largest absolute Gasteiger partial charge is 0.271 e. The minimum atomic E-state index is -0.632. The number of nitro groups is 1. The molecule has 2 amide bonds. The van der Waals surface area contributed by atoms with Gasteiger partial charge < -0.3 is 0 Å². The number of carbonyl (C=O) groups is 2. The molecule has 0 atom stereocenters. The highest BCUT2D eigenvalue weighted by Gasteiger charge is 2.35. The first-order valence-electron chi connectivity index (χ1n) is 12.4. The average Bonchev–Trinajstić information content (AvgIpc) is 3.39. The van der Waals surface area contributed by atoms with Gasteiger partial charge in [0.15, 0.2) is 0 Å². The Balaban J connectivity index is 1.62. The highest BCUT2D eigenvalue weighted by molar-refractivity contribution is 6.19. The Bertz CT molecular complexity index is 1740. The molecule has 3 aromatic carbocycles. The number of carbonyl (C=O) groups excluding carboxylic acids is 2. The third kappa shape index (κ3) is 4.93. The molecule has 0 N–H and O–H groups in total. The van der Waals surface area contributed by atoms with E-state index in [1.165, 1.54) is 12.1 Å². The van der Waals surface area contributed by atoms with Gasteiger partial charge >= 0.3 is 0 Å². The van der Waals surface area contributed by atoms with Crippen molar-refractivity contribution in [3.63, 3.8) is 0 Å². The van der Waals surface area contributed by atoms with Crippen LogP contribution in [0.15, 0.2) is 102 Å². The molecule has 9 heteroatoms. The van der Waals surface area contributed by atoms with Crippen LogP contribution in [0.3, 0.4) is 0 Å². The van der Waals surface area contributed by atoms with Crippen LogP contribution in [0.5, 0.6) is 0 Å². The predicted molar refractivity (Wildman–Crippen MR) is 149 cm³/mol. The minimum Gasteiger partial charge on any atom is -0.269 e. The first-order valence-corrected chi connectivity index (χ1v) is 12.4. The van der Waals surface area contributed by atoms with Gasteiger partial charge in [-0.05, 0) is 43.2 Å². The molecule has 1 aromatic heterocycles. The van der Waals surface area contributed by atoms with Crippen LogP contribution in [0.2, 0.25) is 0 Å². The monoisotopic (exact) mass is 529 g/mol. The van der Waals surface area contributed by atoms with Crippen LogP contribution in [0.25, 0.3) is 23.0 Å². The fraction of sp³-hybridized carbons (Fsp3) is 0.0968. The topological polar surface area (TPSA) is 122 Å². The molecule has 0 fully saturated rings. The van der Waals surface area contributed by atoms with Gasteiger partial charge in [0, 0.05) is 35.0 Å². The number of aromatic nitrogens is 2. The average molecular weight is 530 g/mol. The van der Waals surface area contributed by atoms with Crippen LogP contribution in [0, 0.1) is 28.4 Å². The van der Waals surface area contributed by atoms with Crippen molar-refractivity contribution < 1.29 is 14.5 Å². The standard InChI is InChI=1S/C31H23N5O4/c1-20-8-10-22(11-9-20)18-34-30(37)27(21(2)28(17-32)31(34)38)16-24-19-35(25-12-14-26(15-13-25)36(39)40)33-29(24)23-6-4-3-5-7-23/h3-16,19H,18H2,1-2H3/b27-16+. The molecule has 0 saturated carbocycles. The Labute approximate surface area is 230 Å². The lowest BCUT2D eigenvalue weighted by Crippen LogP contribution is -2.42. The molecule has 5 rings (SSSR count). The lowest BCUT2D eigenvalue weighted by Gasteiger charge is -2.27. The summed E-state index contributed by atoms with van der Waals surface area (Å²) in [5, 5.41) is 25.6. The first-order chi connectivity index (χ1) is 19.3. The fourth-order valence-corrected chi connectivity index (χ4v) is 4.48. The van der Waals surface area contributed by atoms with Gasteiger partial charge in [0.1, 0.15) is 11.6 Å². The summed E-state index contributed by atoms with van der Waals surface area (Å²) in [6, 6.07) is 24.8. The summed E-state index contributed by atoms with van der Waals surface area (Å²) in [6.07, 6.45) is 3.35. The molecule has 196 valence electrons. The highest BCUT2D eigenvalue weighted by atomic mass is 16.6. The molecule has 9 nitrogen and oxygen atoms in total. The van der Waals surface area contributed by atoms with E-state index >= 15 is 0 Å². The molecule has 40 heavy (non-hydrogen) atoms. The molecule has 4 aromatic rings. The highest BCUT2D eigenvalue weighted by Crippen LogP contribution is 2.32. The van der Waals surface area contributed by atoms with E-state index in [0.717, 1.165) is 21.6 Å². The van der Waals surface area contributed by atoms with Crippen molar-refractivity contribution in [2.24, 2.45) is 0 Å². The van der Waals surface area contributed by atoms with Gasteiger partial charge in [-0.2, -0.15) is 10.4 Å². The molecule has 0 bridgehead atoms. The minimum absolute atomic E-state index is 0.0291. The van der Waals surface area contributed by atoms with Crippen molar-refractivity contribution in [1.29, 1.82) is 5.26 Å². The molecule has 1 aliphatic heterocycles. The molecule has 0 saturated heterocycles. The van der Waals surface area contributed by atoms with Crippen molar-refractivity contribution in [3.05, 3.63) is 129 Å². The van der Waals surface area contributed by atoms with Crippen molar-refractivity contribution in [2.45, 2.75) is 20.4 Å². The Morgan fingerprint density at radius 3 is 2.25 bits per heavy atom. The maximum absolute atomic E-state index is 13.7. The predicted octanol–water partition coefficient (Wildman–Crippen LogP) is 5.55. The first kappa shape index (κ1) is 26.0. The maximum atomic E-state index is 13.7. The van der Waals surface area contributed by atoms with E-state index in [0.29, 0.717) is 22.5 Å². The van der Waals surface area contributed by atoms with Crippen LogP contribution in [0.4, 0.5) is 5.69 Å². The van der Waals surface area contributed by atoms with Gasteiger partial charge in [0.2, 0.25) is 0 Å². The van der Waals surface area contributed by atoms with Gasteiger partial charge in [-0.1, -0.05) is 60.2 Å². The molecule has 0 aliphatic carbocycles. The molecular formula is C31H23N5O4. The van der Waals surface area contributed by atoms with E-state index in [-0.39, 0.29) is 23.4 Å². The number of rotatable bonds is 6. The number of amides is 2. The second kappa shape index (κ2) is 10.6. The number of benzene rings is 3. The normalized spacial score (nSPS) is 14.5. The summed E-state index contributed by atoms with van der Waals surface area (Å²) in [5.74, 6) is -1.14. The van der Waals surface area contributed by atoms with Crippen LogP contribution in [0.1, 0.15) is 23.6 Å². The zero-order valence-electron chi connectivity index (χ0n) is 21.7. The summed E-state index contributed by atoms with van der Waals surface area (Å²) in [6.45, 7) is 3.57. The molecule has 2 heterocycles. The van der Waals surface area contributed by atoms with Gasteiger partial charge in [0.05, 0.1) is 22.8 Å². The van der Waals surface area contributed by atoms with Crippen molar-refractivity contribution >= 4 is 23.6 Å². The zero-order chi connectivity index (χ0) is 28.4. The van der Waals surface area contributed by atoms with Gasteiger partial charge in [-0.3, -0.25) is 24.6 Å². The summed E-state index contributed by atoms with van der Waals surface area (Å²) in [5.41, 5.74) is 4.69. The lowest BCUT2D eigenvalue weighted by atomic mass is 9.93. The Morgan fingerprint density at radius 2 is 1.62 bits per heavy atom. The van der Waals surface area contributed by atoms with E-state index in [1.54, 1.807) is 36.0 Å². The number of hydrogen-bond acceptors (Lipinski definition) is 6. The van der Waals surface area contributed by atoms with Crippen molar-refractivity contribution in [1.82, 2.24) is 14.7 Å². The number of nitrogens with zero attached hydrogens (tertiary/aromatic N) is 5.